The minimum absolute atomic E-state index is 0.152. The van der Waals surface area contributed by atoms with Crippen LogP contribution in [0.25, 0.3) is 0 Å². The minimum atomic E-state index is 0.152. The summed E-state index contributed by atoms with van der Waals surface area (Å²) in [4.78, 5) is 0. The number of nitrogens with one attached hydrogen (secondary N) is 1. The molecule has 1 atom stereocenters. The average molecular weight is 329 g/mol. The lowest BCUT2D eigenvalue weighted by Crippen LogP contribution is -2.22. The summed E-state index contributed by atoms with van der Waals surface area (Å²) in [6.07, 6.45) is 2.55. The van der Waals surface area contributed by atoms with Crippen LogP contribution in [0.2, 0.25) is 5.02 Å². The van der Waals surface area contributed by atoms with Crippen molar-refractivity contribution in [3.05, 3.63) is 51.2 Å². The third-order valence-corrected chi connectivity index (χ3v) is 3.73. The van der Waals surface area contributed by atoms with Crippen LogP contribution in [0, 0.1) is 0 Å². The van der Waals surface area contributed by atoms with Gasteiger partial charge in [0, 0.05) is 11.5 Å². The van der Waals surface area contributed by atoms with E-state index in [2.05, 4.69) is 38.5 Å². The van der Waals surface area contributed by atoms with E-state index in [9.17, 15) is 0 Å². The van der Waals surface area contributed by atoms with Gasteiger partial charge < -0.3 is 5.32 Å². The molecule has 0 fully saturated rings. The van der Waals surface area contributed by atoms with Crippen molar-refractivity contribution >= 4 is 27.5 Å². The van der Waals surface area contributed by atoms with Crippen molar-refractivity contribution < 1.29 is 0 Å². The highest BCUT2D eigenvalue weighted by molar-refractivity contribution is 9.10. The molecule has 1 aromatic carbocycles. The lowest BCUT2D eigenvalue weighted by atomic mass is 10.0. The molecular weight excluding hydrogens is 314 g/mol. The van der Waals surface area contributed by atoms with Crippen LogP contribution in [-0.4, -0.2) is 16.8 Å². The standard InChI is InChI=1S/C13H15BrClN3/c1-16-12(13-11(15)8-17-18(13)2)7-9-4-3-5-10(14)6-9/h3-6,8,12,16H,7H2,1-2H3. The molecule has 5 heteroatoms. The third-order valence-electron chi connectivity index (χ3n) is 2.95. The first-order valence-corrected chi connectivity index (χ1v) is 6.88. The molecule has 0 spiro atoms. The Labute approximate surface area is 120 Å². The fourth-order valence-electron chi connectivity index (χ4n) is 2.05. The maximum absolute atomic E-state index is 6.18. The molecule has 1 unspecified atom stereocenters. The number of likely N-dealkylation sites (N-methyl/N-ethyl adjacent to an activating group) is 1. The summed E-state index contributed by atoms with van der Waals surface area (Å²) in [5.74, 6) is 0. The number of hydrogen-bond acceptors (Lipinski definition) is 2. The van der Waals surface area contributed by atoms with Gasteiger partial charge in [0.2, 0.25) is 0 Å². The van der Waals surface area contributed by atoms with Gasteiger partial charge in [-0.15, -0.1) is 0 Å². The summed E-state index contributed by atoms with van der Waals surface area (Å²) in [6, 6.07) is 8.44. The van der Waals surface area contributed by atoms with Gasteiger partial charge in [-0.05, 0) is 31.2 Å². The Balaban J connectivity index is 2.25. The molecule has 0 saturated heterocycles. The molecule has 0 aliphatic heterocycles. The maximum atomic E-state index is 6.18. The van der Waals surface area contributed by atoms with Crippen molar-refractivity contribution in [2.75, 3.05) is 7.05 Å². The number of benzene rings is 1. The van der Waals surface area contributed by atoms with Crippen LogP contribution in [-0.2, 0) is 13.5 Å². The van der Waals surface area contributed by atoms with Crippen LogP contribution in [0.5, 0.6) is 0 Å². The van der Waals surface area contributed by atoms with Crippen molar-refractivity contribution in [1.29, 1.82) is 0 Å². The molecule has 2 aromatic rings. The summed E-state index contributed by atoms with van der Waals surface area (Å²) >= 11 is 9.67. The largest absolute Gasteiger partial charge is 0.311 e. The van der Waals surface area contributed by atoms with E-state index in [-0.39, 0.29) is 6.04 Å². The molecule has 0 aliphatic carbocycles. The topological polar surface area (TPSA) is 29.9 Å². The Morgan fingerprint density at radius 1 is 1.50 bits per heavy atom. The van der Waals surface area contributed by atoms with Gasteiger partial charge in [-0.25, -0.2) is 0 Å². The summed E-state index contributed by atoms with van der Waals surface area (Å²) < 4.78 is 2.91. The number of nitrogens with zero attached hydrogens (tertiary/aromatic N) is 2. The number of aryl methyl sites for hydroxylation is 1. The molecule has 2 rings (SSSR count). The smallest absolute Gasteiger partial charge is 0.0834 e. The van der Waals surface area contributed by atoms with Gasteiger partial charge in [0.05, 0.1) is 23.0 Å². The van der Waals surface area contributed by atoms with E-state index in [1.807, 2.05) is 30.9 Å². The monoisotopic (exact) mass is 327 g/mol. The summed E-state index contributed by atoms with van der Waals surface area (Å²) in [5.41, 5.74) is 2.26. The van der Waals surface area contributed by atoms with Gasteiger partial charge in [-0.2, -0.15) is 5.10 Å². The fourth-order valence-corrected chi connectivity index (χ4v) is 2.79. The second kappa shape index (κ2) is 5.87. The Bertz CT molecular complexity index is 519. The van der Waals surface area contributed by atoms with E-state index in [1.165, 1.54) is 5.56 Å². The molecule has 0 radical (unpaired) electrons. The molecule has 3 nitrogen and oxygen atoms in total. The van der Waals surface area contributed by atoms with Crippen LogP contribution in [0.15, 0.2) is 34.9 Å². The molecule has 96 valence electrons. The number of rotatable bonds is 4. The van der Waals surface area contributed by atoms with E-state index in [4.69, 9.17) is 11.6 Å². The molecule has 1 heterocycles. The third kappa shape index (κ3) is 2.94. The van der Waals surface area contributed by atoms with Crippen molar-refractivity contribution in [2.24, 2.45) is 7.05 Å². The Morgan fingerprint density at radius 3 is 2.83 bits per heavy atom. The highest BCUT2D eigenvalue weighted by Crippen LogP contribution is 2.25. The van der Waals surface area contributed by atoms with Crippen molar-refractivity contribution in [3.63, 3.8) is 0 Å². The molecule has 0 bridgehead atoms. The first-order chi connectivity index (χ1) is 8.61. The summed E-state index contributed by atoms with van der Waals surface area (Å²) in [7, 11) is 3.85. The van der Waals surface area contributed by atoms with Crippen LogP contribution in [0.3, 0.4) is 0 Å². The summed E-state index contributed by atoms with van der Waals surface area (Å²) in [6.45, 7) is 0. The second-order valence-electron chi connectivity index (χ2n) is 4.18. The van der Waals surface area contributed by atoms with Gasteiger partial charge in [0.1, 0.15) is 0 Å². The first kappa shape index (κ1) is 13.6. The van der Waals surface area contributed by atoms with E-state index in [0.29, 0.717) is 5.02 Å². The Morgan fingerprint density at radius 2 is 2.28 bits per heavy atom. The van der Waals surface area contributed by atoms with Crippen LogP contribution in [0.1, 0.15) is 17.3 Å². The van der Waals surface area contributed by atoms with Crippen LogP contribution >= 0.6 is 27.5 Å². The lowest BCUT2D eigenvalue weighted by Gasteiger charge is -2.17. The van der Waals surface area contributed by atoms with Crippen LogP contribution in [0.4, 0.5) is 0 Å². The average Bonchev–Trinajstić information content (AvgIpc) is 2.67. The van der Waals surface area contributed by atoms with E-state index >= 15 is 0 Å². The van der Waals surface area contributed by atoms with E-state index < -0.39 is 0 Å². The predicted octanol–water partition coefficient (Wildman–Crippen LogP) is 3.34. The first-order valence-electron chi connectivity index (χ1n) is 5.71. The Kier molecular flexibility index (Phi) is 4.43. The quantitative estimate of drug-likeness (QED) is 0.933. The van der Waals surface area contributed by atoms with E-state index in [1.54, 1.807) is 6.20 Å². The zero-order chi connectivity index (χ0) is 13.1. The van der Waals surface area contributed by atoms with E-state index in [0.717, 1.165) is 16.6 Å². The number of hydrogen-bond donors (Lipinski definition) is 1. The van der Waals surface area contributed by atoms with Gasteiger partial charge in [0.25, 0.3) is 0 Å². The SMILES string of the molecule is CNC(Cc1cccc(Br)c1)c1c(Cl)cnn1C. The zero-order valence-corrected chi connectivity index (χ0v) is 12.7. The van der Waals surface area contributed by atoms with Gasteiger partial charge in [-0.3, -0.25) is 4.68 Å². The zero-order valence-electron chi connectivity index (χ0n) is 10.3. The maximum Gasteiger partial charge on any atom is 0.0834 e. The molecule has 0 aliphatic rings. The van der Waals surface area contributed by atoms with Crippen molar-refractivity contribution in [1.82, 2.24) is 15.1 Å². The van der Waals surface area contributed by atoms with Crippen LogP contribution < -0.4 is 5.32 Å². The highest BCUT2D eigenvalue weighted by atomic mass is 79.9. The van der Waals surface area contributed by atoms with Gasteiger partial charge in [0.15, 0.2) is 0 Å². The summed E-state index contributed by atoms with van der Waals surface area (Å²) in [5, 5.41) is 8.17. The minimum Gasteiger partial charge on any atom is -0.311 e. The van der Waals surface area contributed by atoms with Gasteiger partial charge in [-0.1, -0.05) is 39.7 Å². The molecule has 18 heavy (non-hydrogen) atoms. The molecule has 1 aromatic heterocycles. The normalized spacial score (nSPS) is 12.7. The predicted molar refractivity (Wildman–Crippen MR) is 77.9 cm³/mol. The molecular formula is C13H15BrClN3. The Hall–Kier alpha value is -0.840. The van der Waals surface area contributed by atoms with Gasteiger partial charge >= 0.3 is 0 Å². The molecule has 0 saturated carbocycles. The number of halogens is 2. The fraction of sp³-hybridized carbons (Fsp3) is 0.308. The van der Waals surface area contributed by atoms with Crippen molar-refractivity contribution in [2.45, 2.75) is 12.5 Å². The van der Waals surface area contributed by atoms with Crippen molar-refractivity contribution in [3.8, 4) is 0 Å². The highest BCUT2D eigenvalue weighted by Gasteiger charge is 2.17. The second-order valence-corrected chi connectivity index (χ2v) is 5.50. The lowest BCUT2D eigenvalue weighted by molar-refractivity contribution is 0.537. The molecule has 1 N–H and O–H groups in total. The molecule has 0 amide bonds. The number of aromatic nitrogens is 2.